The summed E-state index contributed by atoms with van der Waals surface area (Å²) in [6, 6.07) is 4.36. The predicted molar refractivity (Wildman–Crippen MR) is 165 cm³/mol. The fraction of sp³-hybridized carbons (Fsp3) is 0.367. The van der Waals surface area contributed by atoms with E-state index in [0.717, 1.165) is 42.5 Å². The summed E-state index contributed by atoms with van der Waals surface area (Å²) in [5.41, 5.74) is -0.260. The largest absolute Gasteiger partial charge is 0.505 e. The number of hydrogen-bond donors (Lipinski definition) is 6. The number of carbonyl (C=O) groups excluding carboxylic acids is 3. The summed E-state index contributed by atoms with van der Waals surface area (Å²) >= 11 is 7.43. The lowest BCUT2D eigenvalue weighted by molar-refractivity contribution is -0.938. The number of carbonyl (C=O) groups is 4. The molecule has 4 aliphatic rings. The van der Waals surface area contributed by atoms with E-state index >= 15 is 0 Å². The molecule has 3 amide bonds. The van der Waals surface area contributed by atoms with Gasteiger partial charge >= 0.3 is 5.97 Å². The Bertz CT molecular complexity index is 1770. The highest BCUT2D eigenvalue weighted by Gasteiger charge is 2.56. The maximum Gasteiger partial charge on any atom is 0.352 e. The van der Waals surface area contributed by atoms with Gasteiger partial charge in [-0.3, -0.25) is 19.3 Å². The minimum atomic E-state index is -1.29. The molecule has 6 rings (SSSR count). The van der Waals surface area contributed by atoms with E-state index in [1.807, 2.05) is 0 Å². The van der Waals surface area contributed by atoms with Gasteiger partial charge in [0.1, 0.15) is 29.7 Å². The summed E-state index contributed by atoms with van der Waals surface area (Å²) in [5, 5.41) is 53.2. The van der Waals surface area contributed by atoms with Gasteiger partial charge in [-0.05, 0) is 30.3 Å². The van der Waals surface area contributed by atoms with Gasteiger partial charge in [-0.1, -0.05) is 16.8 Å². The number of rotatable bonds is 7. The van der Waals surface area contributed by atoms with Crippen LogP contribution < -0.4 is 5.32 Å². The number of halogens is 2. The fourth-order valence-corrected chi connectivity index (χ4v) is 8.54. The molecule has 0 bridgehead atoms. The van der Waals surface area contributed by atoms with Crippen molar-refractivity contribution in [2.45, 2.75) is 30.3 Å². The third kappa shape index (κ3) is 5.49. The summed E-state index contributed by atoms with van der Waals surface area (Å²) < 4.78 is 14.4. The quantitative estimate of drug-likeness (QED) is 0.0620. The van der Waals surface area contributed by atoms with Gasteiger partial charge in [0.2, 0.25) is 0 Å². The minimum Gasteiger partial charge on any atom is -0.505 e. The van der Waals surface area contributed by atoms with Gasteiger partial charge in [-0.2, -0.15) is 0 Å². The van der Waals surface area contributed by atoms with Crippen LogP contribution in [0.15, 0.2) is 46.8 Å². The molecule has 6 N–H and O–H groups in total. The molecule has 0 aliphatic carbocycles. The van der Waals surface area contributed by atoms with Crippen LogP contribution in [0.5, 0.6) is 17.2 Å². The lowest BCUT2D eigenvalue weighted by atomic mass is 10.00. The van der Waals surface area contributed by atoms with Crippen molar-refractivity contribution in [1.29, 1.82) is 0 Å². The average Bonchev–Trinajstić information content (AvgIpc) is 3.46. The number of thioether (sulfide) groups is 1. The van der Waals surface area contributed by atoms with Gasteiger partial charge in [-0.15, -0.1) is 11.8 Å². The number of β-lactam (4-membered cyclic amide) rings is 1. The number of carboxylic acids is 1. The van der Waals surface area contributed by atoms with E-state index in [4.69, 9.17) is 11.6 Å². The molecular formula is C30H30ClFN5O9S+. The third-order valence-corrected chi connectivity index (χ3v) is 11.1. The number of aromatic hydroxyl groups is 3. The first-order valence-electron chi connectivity index (χ1n) is 14.6. The van der Waals surface area contributed by atoms with Crippen molar-refractivity contribution in [3.05, 3.63) is 63.6 Å². The van der Waals surface area contributed by atoms with E-state index in [1.54, 1.807) is 4.90 Å². The molecule has 248 valence electrons. The molecular weight excluding hydrogens is 661 g/mol. The first kappa shape index (κ1) is 32.4. The maximum absolute atomic E-state index is 13.8. The van der Waals surface area contributed by atoms with Crippen LogP contribution in [0.25, 0.3) is 0 Å². The molecule has 3 saturated heterocycles. The number of carboxylic acid groups (broad SMARTS) is 1. The van der Waals surface area contributed by atoms with Gasteiger partial charge in [0.05, 0.1) is 36.8 Å². The Morgan fingerprint density at radius 3 is 2.57 bits per heavy atom. The van der Waals surface area contributed by atoms with E-state index in [9.17, 15) is 49.2 Å². The van der Waals surface area contributed by atoms with E-state index in [1.165, 1.54) is 23.9 Å². The standard InChI is InChI=1S/C30H29ClFN5O9S/c31-21-17(4-6-20(39)25(21)40)27(42)35-7-9-37(8-1-2-16(37)11-35)12-15-13-47-29-23(28(43)36(29)24(15)30(44)45)33-26(41)22(34-46)14-3-5-19(38)18(32)10-14/h3-6,10,16,23,29H,1-2,7-9,11-13H2,(H5-,33,34,38,39,40,41,42,44,45,46)/p+1/t16-,23+,29+,37?/m0/s1. The Labute approximate surface area is 275 Å². The van der Waals surface area contributed by atoms with Crippen LogP contribution in [-0.4, -0.2) is 125 Å². The highest BCUT2D eigenvalue weighted by Crippen LogP contribution is 2.43. The van der Waals surface area contributed by atoms with Crippen LogP contribution in [0.2, 0.25) is 5.02 Å². The first-order chi connectivity index (χ1) is 22.4. The maximum atomic E-state index is 13.8. The minimum absolute atomic E-state index is 0.0116. The number of fused-ring (bicyclic) bond motifs is 2. The van der Waals surface area contributed by atoms with Gasteiger partial charge in [0.15, 0.2) is 28.8 Å². The van der Waals surface area contributed by atoms with Crippen molar-refractivity contribution in [1.82, 2.24) is 15.1 Å². The molecule has 0 radical (unpaired) electrons. The number of nitrogens with zero attached hydrogens (tertiary/aromatic N) is 4. The fourth-order valence-electron chi connectivity index (χ4n) is 6.97. The number of nitrogens with one attached hydrogen (secondary N) is 1. The Kier molecular flexibility index (Phi) is 8.44. The van der Waals surface area contributed by atoms with E-state index < -0.39 is 58.0 Å². The zero-order chi connectivity index (χ0) is 33.8. The Morgan fingerprint density at radius 2 is 1.87 bits per heavy atom. The topological polar surface area (TPSA) is 200 Å². The summed E-state index contributed by atoms with van der Waals surface area (Å²) in [4.78, 5) is 54.9. The number of amides is 3. The number of phenolic OH excluding ortho intramolecular Hbond substituents is 3. The second kappa shape index (κ2) is 12.2. The predicted octanol–water partition coefficient (Wildman–Crippen LogP) is 1.65. The Morgan fingerprint density at radius 1 is 1.13 bits per heavy atom. The molecule has 2 aromatic rings. The molecule has 47 heavy (non-hydrogen) atoms. The van der Waals surface area contributed by atoms with Gasteiger partial charge < -0.3 is 40.3 Å². The van der Waals surface area contributed by atoms with Gasteiger partial charge in [0, 0.05) is 29.7 Å². The van der Waals surface area contributed by atoms with Crippen LogP contribution in [0.3, 0.4) is 0 Å². The number of phenols is 3. The van der Waals surface area contributed by atoms with Crippen molar-refractivity contribution >= 4 is 52.8 Å². The zero-order valence-electron chi connectivity index (χ0n) is 24.6. The molecule has 4 atom stereocenters. The van der Waals surface area contributed by atoms with E-state index in [2.05, 4.69) is 10.5 Å². The number of aliphatic carboxylic acids is 1. The van der Waals surface area contributed by atoms with Crippen molar-refractivity contribution in [2.24, 2.45) is 5.16 Å². The molecule has 3 fully saturated rings. The van der Waals surface area contributed by atoms with Crippen LogP contribution in [0, 0.1) is 5.82 Å². The second-order valence-corrected chi connectivity index (χ2v) is 13.4. The Balaban J connectivity index is 1.17. The molecule has 4 heterocycles. The van der Waals surface area contributed by atoms with Crippen LogP contribution in [0.4, 0.5) is 4.39 Å². The van der Waals surface area contributed by atoms with Crippen molar-refractivity contribution in [2.75, 3.05) is 38.5 Å². The number of hydrogen-bond acceptors (Lipinski definition) is 10. The number of quaternary nitrogens is 1. The second-order valence-electron chi connectivity index (χ2n) is 11.9. The lowest BCUT2D eigenvalue weighted by Gasteiger charge is -2.51. The normalized spacial score (nSPS) is 25.6. The number of oxime groups is 1. The highest BCUT2D eigenvalue weighted by molar-refractivity contribution is 8.00. The molecule has 4 aliphatic heterocycles. The molecule has 1 unspecified atom stereocenters. The molecule has 0 spiro atoms. The zero-order valence-corrected chi connectivity index (χ0v) is 26.2. The van der Waals surface area contributed by atoms with E-state index in [0.29, 0.717) is 36.2 Å². The smallest absolute Gasteiger partial charge is 0.352 e. The van der Waals surface area contributed by atoms with Gasteiger partial charge in [-0.25, -0.2) is 9.18 Å². The van der Waals surface area contributed by atoms with Crippen molar-refractivity contribution < 1.29 is 53.7 Å². The molecule has 0 saturated carbocycles. The molecule has 0 aromatic heterocycles. The van der Waals surface area contributed by atoms with Gasteiger partial charge in [0.25, 0.3) is 17.7 Å². The van der Waals surface area contributed by atoms with Crippen molar-refractivity contribution in [3.63, 3.8) is 0 Å². The van der Waals surface area contributed by atoms with Crippen molar-refractivity contribution in [3.8, 4) is 17.2 Å². The molecule has 2 aromatic carbocycles. The monoisotopic (exact) mass is 690 g/mol. The highest BCUT2D eigenvalue weighted by atomic mass is 35.5. The Hall–Kier alpha value is -4.54. The molecule has 14 nitrogen and oxygen atoms in total. The summed E-state index contributed by atoms with van der Waals surface area (Å²) in [6.45, 7) is 2.35. The molecule has 17 heteroatoms. The summed E-state index contributed by atoms with van der Waals surface area (Å²) in [6.07, 6.45) is 1.65. The third-order valence-electron chi connectivity index (χ3n) is 9.35. The van der Waals surface area contributed by atoms with Crippen LogP contribution in [-0.2, 0) is 14.4 Å². The lowest BCUT2D eigenvalue weighted by Crippen LogP contribution is -2.71. The SMILES string of the molecule is O=C(O)C1=C(C[N+]23CCC[C@H]2CN(C(=O)c2ccc(O)c(O)c2Cl)CC3)CS[C@@H]2[C@H](NC(=O)/C(=N\O)c3ccc(O)c(F)c3)C(=O)N12. The number of benzene rings is 2. The van der Waals surface area contributed by atoms with E-state index in [-0.39, 0.29) is 39.5 Å². The number of piperazine rings is 1. The summed E-state index contributed by atoms with van der Waals surface area (Å²) in [7, 11) is 0. The van der Waals surface area contributed by atoms with Crippen LogP contribution in [0.1, 0.15) is 28.8 Å². The summed E-state index contributed by atoms with van der Waals surface area (Å²) in [5.74, 6) is -5.78. The first-order valence-corrected chi connectivity index (χ1v) is 16.1. The van der Waals surface area contributed by atoms with Crippen LogP contribution >= 0.6 is 23.4 Å². The average molecular weight is 691 g/mol.